The molecule has 9 heteroatoms. The molecule has 0 saturated carbocycles. The molecule has 1 aliphatic rings. The first-order chi connectivity index (χ1) is 12.6. The maximum atomic E-state index is 12.6. The van der Waals surface area contributed by atoms with Crippen molar-refractivity contribution in [3.8, 4) is 11.4 Å². The highest BCUT2D eigenvalue weighted by Gasteiger charge is 2.28. The number of aryl methyl sites for hydroxylation is 2. The van der Waals surface area contributed by atoms with Crippen LogP contribution < -0.4 is 0 Å². The van der Waals surface area contributed by atoms with Crippen molar-refractivity contribution in [2.75, 3.05) is 6.54 Å². The zero-order valence-electron chi connectivity index (χ0n) is 14.7. The number of hydrogen-bond acceptors (Lipinski definition) is 7. The first-order valence-electron chi connectivity index (χ1n) is 8.53. The summed E-state index contributed by atoms with van der Waals surface area (Å²) in [7, 11) is 0. The quantitative estimate of drug-likeness (QED) is 0.701. The van der Waals surface area contributed by atoms with E-state index in [1.807, 2.05) is 24.0 Å². The average molecular weight is 353 g/mol. The third-order valence-corrected chi connectivity index (χ3v) is 4.51. The fraction of sp³-hybridized carbons (Fsp3) is 0.412. The number of fused-ring (bicyclic) bond motifs is 1. The van der Waals surface area contributed by atoms with E-state index in [0.29, 0.717) is 37.6 Å². The van der Waals surface area contributed by atoms with E-state index in [1.165, 1.54) is 0 Å². The van der Waals surface area contributed by atoms with Crippen molar-refractivity contribution in [3.05, 3.63) is 42.1 Å². The standard InChI is InChI=1S/C17H19N7O2/c1-11-9-23(10-14-21-20-12(2)24(11)14)16(25)4-3-15-19-17(22-26-15)13-5-7-18-8-6-13/h5-8,11H,3-4,9-10H2,1-2H3/t11-/m0/s1. The molecule has 0 spiro atoms. The van der Waals surface area contributed by atoms with Crippen LogP contribution in [-0.4, -0.2) is 47.2 Å². The molecule has 0 radical (unpaired) electrons. The van der Waals surface area contributed by atoms with Crippen molar-refractivity contribution in [1.29, 1.82) is 0 Å². The van der Waals surface area contributed by atoms with E-state index in [0.717, 1.165) is 17.2 Å². The minimum atomic E-state index is 0.0485. The van der Waals surface area contributed by atoms with Crippen LogP contribution in [0.4, 0.5) is 0 Å². The fourth-order valence-electron chi connectivity index (χ4n) is 3.27. The Kier molecular flexibility index (Phi) is 4.19. The number of amides is 1. The molecule has 0 unspecified atom stereocenters. The van der Waals surface area contributed by atoms with Gasteiger partial charge in [-0.1, -0.05) is 5.16 Å². The number of aromatic nitrogens is 6. The summed E-state index contributed by atoms with van der Waals surface area (Å²) in [4.78, 5) is 22.7. The van der Waals surface area contributed by atoms with Crippen LogP contribution in [0.3, 0.4) is 0 Å². The first-order valence-corrected chi connectivity index (χ1v) is 8.53. The molecule has 1 amide bonds. The van der Waals surface area contributed by atoms with Crippen LogP contribution in [-0.2, 0) is 17.8 Å². The molecular weight excluding hydrogens is 334 g/mol. The second-order valence-electron chi connectivity index (χ2n) is 6.40. The van der Waals surface area contributed by atoms with E-state index >= 15 is 0 Å². The predicted molar refractivity (Wildman–Crippen MR) is 90.7 cm³/mol. The van der Waals surface area contributed by atoms with Gasteiger partial charge in [-0.05, 0) is 26.0 Å². The zero-order chi connectivity index (χ0) is 18.1. The second-order valence-corrected chi connectivity index (χ2v) is 6.40. The van der Waals surface area contributed by atoms with E-state index in [9.17, 15) is 4.79 Å². The molecule has 3 aromatic heterocycles. The van der Waals surface area contributed by atoms with Gasteiger partial charge in [0.25, 0.3) is 0 Å². The van der Waals surface area contributed by atoms with Crippen molar-refractivity contribution in [3.63, 3.8) is 0 Å². The minimum Gasteiger partial charge on any atom is -0.339 e. The molecule has 4 rings (SSSR count). The number of nitrogens with zero attached hydrogens (tertiary/aromatic N) is 7. The highest BCUT2D eigenvalue weighted by molar-refractivity contribution is 5.76. The molecule has 0 bridgehead atoms. The number of hydrogen-bond donors (Lipinski definition) is 0. The fourth-order valence-corrected chi connectivity index (χ4v) is 3.27. The Labute approximate surface area is 150 Å². The summed E-state index contributed by atoms with van der Waals surface area (Å²) < 4.78 is 7.34. The van der Waals surface area contributed by atoms with E-state index < -0.39 is 0 Å². The van der Waals surface area contributed by atoms with Crippen molar-refractivity contribution in [1.82, 2.24) is 34.8 Å². The maximum absolute atomic E-state index is 12.6. The Morgan fingerprint density at radius 2 is 2.12 bits per heavy atom. The van der Waals surface area contributed by atoms with E-state index in [1.54, 1.807) is 12.4 Å². The Hall–Kier alpha value is -3.10. The first kappa shape index (κ1) is 16.4. The van der Waals surface area contributed by atoms with E-state index in [2.05, 4.69) is 36.8 Å². The average Bonchev–Trinajstić information content (AvgIpc) is 3.27. The van der Waals surface area contributed by atoms with Gasteiger partial charge in [0.2, 0.25) is 17.6 Å². The lowest BCUT2D eigenvalue weighted by Gasteiger charge is -2.32. The summed E-state index contributed by atoms with van der Waals surface area (Å²) in [5.74, 6) is 2.72. The molecule has 0 aromatic carbocycles. The lowest BCUT2D eigenvalue weighted by Crippen LogP contribution is -2.40. The van der Waals surface area contributed by atoms with E-state index in [4.69, 9.17) is 4.52 Å². The number of carbonyl (C=O) groups excluding carboxylic acids is 1. The molecule has 9 nitrogen and oxygen atoms in total. The molecule has 134 valence electrons. The molecule has 0 saturated heterocycles. The normalized spacial score (nSPS) is 16.5. The zero-order valence-corrected chi connectivity index (χ0v) is 14.7. The predicted octanol–water partition coefficient (Wildman–Crippen LogP) is 1.57. The highest BCUT2D eigenvalue weighted by Crippen LogP contribution is 2.22. The molecule has 0 N–H and O–H groups in total. The van der Waals surface area contributed by atoms with Gasteiger partial charge in [0.1, 0.15) is 5.82 Å². The van der Waals surface area contributed by atoms with Crippen LogP contribution in [0.5, 0.6) is 0 Å². The summed E-state index contributed by atoms with van der Waals surface area (Å²) in [6.45, 7) is 5.13. The van der Waals surface area contributed by atoms with Crippen LogP contribution in [0.15, 0.2) is 29.0 Å². The van der Waals surface area contributed by atoms with Crippen LogP contribution >= 0.6 is 0 Å². The SMILES string of the molecule is Cc1nnc2n1[C@@H](C)CN(C(=O)CCc1nc(-c3ccncc3)no1)C2. The highest BCUT2D eigenvalue weighted by atomic mass is 16.5. The van der Waals surface area contributed by atoms with Gasteiger partial charge in [0, 0.05) is 37.3 Å². The van der Waals surface area contributed by atoms with Crippen LogP contribution in [0.2, 0.25) is 0 Å². The van der Waals surface area contributed by atoms with Crippen molar-refractivity contribution < 1.29 is 9.32 Å². The van der Waals surface area contributed by atoms with Gasteiger partial charge in [-0.2, -0.15) is 4.98 Å². The molecule has 3 aromatic rings. The van der Waals surface area contributed by atoms with E-state index in [-0.39, 0.29) is 11.9 Å². The van der Waals surface area contributed by atoms with Gasteiger partial charge in [-0.25, -0.2) is 0 Å². The molecule has 0 fully saturated rings. The molecule has 4 heterocycles. The van der Waals surface area contributed by atoms with Crippen LogP contribution in [0.1, 0.15) is 36.9 Å². The van der Waals surface area contributed by atoms with Gasteiger partial charge < -0.3 is 14.0 Å². The van der Waals surface area contributed by atoms with Gasteiger partial charge in [0.05, 0.1) is 12.6 Å². The van der Waals surface area contributed by atoms with Gasteiger partial charge >= 0.3 is 0 Å². The summed E-state index contributed by atoms with van der Waals surface area (Å²) in [6, 6.07) is 3.79. The Balaban J connectivity index is 1.38. The lowest BCUT2D eigenvalue weighted by molar-refractivity contribution is -0.133. The number of carbonyl (C=O) groups is 1. The summed E-state index contributed by atoms with van der Waals surface area (Å²) in [5, 5.41) is 12.2. The third kappa shape index (κ3) is 3.07. The molecule has 0 aliphatic carbocycles. The topological polar surface area (TPSA) is 103 Å². The molecule has 1 aliphatic heterocycles. The van der Waals surface area contributed by atoms with Crippen molar-refractivity contribution in [2.45, 2.75) is 39.3 Å². The van der Waals surface area contributed by atoms with Gasteiger partial charge in [-0.3, -0.25) is 9.78 Å². The number of rotatable bonds is 4. The van der Waals surface area contributed by atoms with Gasteiger partial charge in [-0.15, -0.1) is 10.2 Å². The summed E-state index contributed by atoms with van der Waals surface area (Å²) in [5.41, 5.74) is 0.834. The Morgan fingerprint density at radius 1 is 1.31 bits per heavy atom. The Bertz CT molecular complexity index is 918. The van der Waals surface area contributed by atoms with Gasteiger partial charge in [0.15, 0.2) is 5.82 Å². The van der Waals surface area contributed by atoms with Crippen molar-refractivity contribution in [2.24, 2.45) is 0 Å². The summed E-state index contributed by atoms with van der Waals surface area (Å²) in [6.07, 6.45) is 4.07. The van der Waals surface area contributed by atoms with Crippen molar-refractivity contribution >= 4 is 5.91 Å². The molecular formula is C17H19N7O2. The largest absolute Gasteiger partial charge is 0.339 e. The maximum Gasteiger partial charge on any atom is 0.227 e. The monoisotopic (exact) mass is 353 g/mol. The lowest BCUT2D eigenvalue weighted by atomic mass is 10.2. The molecule has 26 heavy (non-hydrogen) atoms. The van der Waals surface area contributed by atoms with Crippen LogP contribution in [0.25, 0.3) is 11.4 Å². The third-order valence-electron chi connectivity index (χ3n) is 4.51. The number of pyridine rings is 1. The summed E-state index contributed by atoms with van der Waals surface area (Å²) >= 11 is 0. The smallest absolute Gasteiger partial charge is 0.227 e. The minimum absolute atomic E-state index is 0.0485. The van der Waals surface area contributed by atoms with Crippen LogP contribution in [0, 0.1) is 6.92 Å². The second kappa shape index (κ2) is 6.66. The molecule has 1 atom stereocenters. The Morgan fingerprint density at radius 3 is 2.92 bits per heavy atom.